The maximum absolute atomic E-state index is 12.5. The number of rotatable bonds is 7. The van der Waals surface area contributed by atoms with Gasteiger partial charge in [-0.25, -0.2) is 4.79 Å². The average molecular weight is 386 g/mol. The zero-order chi connectivity index (χ0) is 19.9. The SMILES string of the molecule is CCOC(=O)C1CCCCN1C(=O)COC(=O)CCc1c[nH]c2ccccc12. The van der Waals surface area contributed by atoms with Crippen molar-refractivity contribution in [1.82, 2.24) is 9.88 Å². The normalized spacial score (nSPS) is 16.8. The van der Waals surface area contributed by atoms with Crippen LogP contribution in [0.15, 0.2) is 30.5 Å². The van der Waals surface area contributed by atoms with Crippen molar-refractivity contribution >= 4 is 28.7 Å². The van der Waals surface area contributed by atoms with Crippen LogP contribution < -0.4 is 0 Å². The highest BCUT2D eigenvalue weighted by atomic mass is 16.5. The van der Waals surface area contributed by atoms with Gasteiger partial charge in [0.15, 0.2) is 6.61 Å². The maximum Gasteiger partial charge on any atom is 0.328 e. The lowest BCUT2D eigenvalue weighted by molar-refractivity contribution is -0.160. The Morgan fingerprint density at radius 1 is 1.18 bits per heavy atom. The predicted molar refractivity (Wildman–Crippen MR) is 104 cm³/mol. The molecule has 150 valence electrons. The van der Waals surface area contributed by atoms with Gasteiger partial charge in [0.1, 0.15) is 6.04 Å². The molecule has 0 bridgehead atoms. The third kappa shape index (κ3) is 4.71. The fraction of sp³-hybridized carbons (Fsp3) is 0.476. The zero-order valence-electron chi connectivity index (χ0n) is 16.1. The number of aryl methyl sites for hydroxylation is 1. The second-order valence-electron chi connectivity index (χ2n) is 6.87. The highest BCUT2D eigenvalue weighted by molar-refractivity contribution is 5.87. The number of hydrogen-bond acceptors (Lipinski definition) is 5. The van der Waals surface area contributed by atoms with Gasteiger partial charge >= 0.3 is 11.9 Å². The number of carbonyl (C=O) groups excluding carboxylic acids is 3. The van der Waals surface area contributed by atoms with Crippen LogP contribution in [0.5, 0.6) is 0 Å². The number of amides is 1. The van der Waals surface area contributed by atoms with Gasteiger partial charge in [0, 0.05) is 30.1 Å². The van der Waals surface area contributed by atoms with Crippen LogP contribution in [0.4, 0.5) is 0 Å². The number of para-hydroxylation sites is 1. The molecular formula is C21H26N2O5. The molecule has 7 nitrogen and oxygen atoms in total. The van der Waals surface area contributed by atoms with Crippen molar-refractivity contribution in [3.8, 4) is 0 Å². The lowest BCUT2D eigenvalue weighted by Gasteiger charge is -2.33. The standard InChI is InChI=1S/C21H26N2O5/c1-2-27-21(26)18-9-5-6-12-23(18)19(24)14-28-20(25)11-10-15-13-22-17-8-4-3-7-16(15)17/h3-4,7-8,13,18,22H,2,5-6,9-12,14H2,1H3. The van der Waals surface area contributed by atoms with Crippen molar-refractivity contribution in [1.29, 1.82) is 0 Å². The summed E-state index contributed by atoms with van der Waals surface area (Å²) in [5.74, 6) is -1.16. The quantitative estimate of drug-likeness (QED) is 0.739. The van der Waals surface area contributed by atoms with Crippen LogP contribution in [0.25, 0.3) is 10.9 Å². The van der Waals surface area contributed by atoms with E-state index in [2.05, 4.69) is 4.98 Å². The van der Waals surface area contributed by atoms with Crippen LogP contribution >= 0.6 is 0 Å². The van der Waals surface area contributed by atoms with E-state index in [9.17, 15) is 14.4 Å². The second kappa shape index (κ2) is 9.39. The minimum atomic E-state index is -0.578. The first-order valence-corrected chi connectivity index (χ1v) is 9.77. The summed E-state index contributed by atoms with van der Waals surface area (Å²) in [6.07, 6.45) is 4.90. The van der Waals surface area contributed by atoms with E-state index in [1.54, 1.807) is 6.92 Å². The van der Waals surface area contributed by atoms with Crippen LogP contribution in [0.2, 0.25) is 0 Å². The van der Waals surface area contributed by atoms with E-state index in [0.29, 0.717) is 19.4 Å². The maximum atomic E-state index is 12.5. The monoisotopic (exact) mass is 386 g/mol. The van der Waals surface area contributed by atoms with Crippen molar-refractivity contribution in [2.45, 2.75) is 45.1 Å². The summed E-state index contributed by atoms with van der Waals surface area (Å²) in [6.45, 7) is 2.15. The molecule has 0 aliphatic carbocycles. The summed E-state index contributed by atoms with van der Waals surface area (Å²) in [6, 6.07) is 7.31. The lowest BCUT2D eigenvalue weighted by Crippen LogP contribution is -2.50. The summed E-state index contributed by atoms with van der Waals surface area (Å²) in [5, 5.41) is 1.08. The summed E-state index contributed by atoms with van der Waals surface area (Å²) < 4.78 is 10.2. The third-order valence-corrected chi connectivity index (χ3v) is 5.01. The number of nitrogens with zero attached hydrogens (tertiary/aromatic N) is 1. The number of H-pyrrole nitrogens is 1. The topological polar surface area (TPSA) is 88.7 Å². The highest BCUT2D eigenvalue weighted by Gasteiger charge is 2.33. The van der Waals surface area contributed by atoms with E-state index >= 15 is 0 Å². The van der Waals surface area contributed by atoms with Crippen LogP contribution in [0.1, 0.15) is 38.2 Å². The largest absolute Gasteiger partial charge is 0.464 e. The molecule has 1 aliphatic rings. The predicted octanol–water partition coefficient (Wildman–Crippen LogP) is 2.59. The molecular weight excluding hydrogens is 360 g/mol. The summed E-state index contributed by atoms with van der Waals surface area (Å²) >= 11 is 0. The van der Waals surface area contributed by atoms with Gasteiger partial charge in [-0.2, -0.15) is 0 Å². The fourth-order valence-electron chi connectivity index (χ4n) is 3.59. The van der Waals surface area contributed by atoms with E-state index < -0.39 is 12.0 Å². The van der Waals surface area contributed by atoms with Gasteiger partial charge in [0.05, 0.1) is 6.61 Å². The number of ether oxygens (including phenoxy) is 2. The minimum Gasteiger partial charge on any atom is -0.464 e. The van der Waals surface area contributed by atoms with Crippen LogP contribution in [-0.4, -0.2) is 53.5 Å². The number of hydrogen-bond donors (Lipinski definition) is 1. The fourth-order valence-corrected chi connectivity index (χ4v) is 3.59. The molecule has 1 aliphatic heterocycles. The number of carbonyl (C=O) groups is 3. The van der Waals surface area contributed by atoms with E-state index in [0.717, 1.165) is 29.3 Å². The molecule has 1 saturated heterocycles. The number of aromatic nitrogens is 1. The molecule has 2 heterocycles. The molecule has 1 unspecified atom stereocenters. The van der Waals surface area contributed by atoms with Gasteiger partial charge in [-0.05, 0) is 44.2 Å². The first-order chi connectivity index (χ1) is 13.6. The Kier molecular flexibility index (Phi) is 6.68. The number of fused-ring (bicyclic) bond motifs is 1. The van der Waals surface area contributed by atoms with Gasteiger partial charge in [-0.1, -0.05) is 18.2 Å². The Balaban J connectivity index is 1.49. The molecule has 28 heavy (non-hydrogen) atoms. The van der Waals surface area contributed by atoms with Crippen LogP contribution in [-0.2, 0) is 30.3 Å². The van der Waals surface area contributed by atoms with Gasteiger partial charge < -0.3 is 19.4 Å². The van der Waals surface area contributed by atoms with Crippen molar-refractivity contribution in [3.05, 3.63) is 36.0 Å². The number of nitrogens with one attached hydrogen (secondary N) is 1. The summed E-state index contributed by atoms with van der Waals surface area (Å²) in [5.41, 5.74) is 2.06. The number of likely N-dealkylation sites (tertiary alicyclic amines) is 1. The summed E-state index contributed by atoms with van der Waals surface area (Å²) in [7, 11) is 0. The average Bonchev–Trinajstić information content (AvgIpc) is 3.14. The number of benzene rings is 1. The van der Waals surface area contributed by atoms with E-state index in [1.807, 2.05) is 30.5 Å². The van der Waals surface area contributed by atoms with Crippen molar-refractivity contribution in [2.75, 3.05) is 19.8 Å². The van der Waals surface area contributed by atoms with Crippen LogP contribution in [0, 0.1) is 0 Å². The molecule has 0 spiro atoms. The molecule has 1 fully saturated rings. The smallest absolute Gasteiger partial charge is 0.328 e. The van der Waals surface area contributed by atoms with E-state index in [-0.39, 0.29) is 31.5 Å². The van der Waals surface area contributed by atoms with Crippen molar-refractivity contribution in [3.63, 3.8) is 0 Å². The van der Waals surface area contributed by atoms with Crippen molar-refractivity contribution < 1.29 is 23.9 Å². The molecule has 0 radical (unpaired) electrons. The summed E-state index contributed by atoms with van der Waals surface area (Å²) in [4.78, 5) is 41.3. The van der Waals surface area contributed by atoms with Gasteiger partial charge in [-0.3, -0.25) is 9.59 Å². The Morgan fingerprint density at radius 3 is 2.82 bits per heavy atom. The molecule has 7 heteroatoms. The third-order valence-electron chi connectivity index (χ3n) is 5.01. The highest BCUT2D eigenvalue weighted by Crippen LogP contribution is 2.20. The molecule has 1 aromatic carbocycles. The van der Waals surface area contributed by atoms with Crippen LogP contribution in [0.3, 0.4) is 0 Å². The van der Waals surface area contributed by atoms with Gasteiger partial charge in [-0.15, -0.1) is 0 Å². The Hall–Kier alpha value is -2.83. The first-order valence-electron chi connectivity index (χ1n) is 9.77. The Labute approximate surface area is 164 Å². The second-order valence-corrected chi connectivity index (χ2v) is 6.87. The molecule has 2 aromatic rings. The lowest BCUT2D eigenvalue weighted by atomic mass is 10.0. The molecule has 1 amide bonds. The Bertz CT molecular complexity index is 844. The minimum absolute atomic E-state index is 0.191. The molecule has 1 N–H and O–H groups in total. The number of esters is 2. The number of aromatic amines is 1. The zero-order valence-corrected chi connectivity index (χ0v) is 16.1. The van der Waals surface area contributed by atoms with E-state index in [1.165, 1.54) is 4.90 Å². The Morgan fingerprint density at radius 2 is 2.00 bits per heavy atom. The molecule has 0 saturated carbocycles. The van der Waals surface area contributed by atoms with E-state index in [4.69, 9.17) is 9.47 Å². The van der Waals surface area contributed by atoms with Gasteiger partial charge in [0.25, 0.3) is 5.91 Å². The molecule has 1 aromatic heterocycles. The number of piperidine rings is 1. The van der Waals surface area contributed by atoms with Gasteiger partial charge in [0.2, 0.25) is 0 Å². The molecule has 3 rings (SSSR count). The molecule has 1 atom stereocenters. The van der Waals surface area contributed by atoms with Crippen molar-refractivity contribution in [2.24, 2.45) is 0 Å². The first kappa shape index (κ1) is 19.9.